The van der Waals surface area contributed by atoms with E-state index in [0.717, 1.165) is 23.8 Å². The van der Waals surface area contributed by atoms with Crippen LogP contribution < -0.4 is 16.4 Å². The molecule has 5 N–H and O–H groups in total. The number of aliphatic hydroxyl groups excluding tert-OH is 1. The molecule has 0 saturated carbocycles. The molecular weight excluding hydrogens is 817 g/mol. The molecule has 0 aliphatic heterocycles. The third-order valence-corrected chi connectivity index (χ3v) is 11.7. The Balaban J connectivity index is 1.90. The second-order valence-corrected chi connectivity index (χ2v) is 24.6. The van der Waals surface area contributed by atoms with Crippen molar-refractivity contribution in [1.29, 1.82) is 0 Å². The molecule has 62 heavy (non-hydrogen) atoms. The van der Waals surface area contributed by atoms with Crippen molar-refractivity contribution >= 4 is 37.7 Å². The Labute approximate surface area is 366 Å². The lowest BCUT2D eigenvalue weighted by Gasteiger charge is -2.41. The van der Waals surface area contributed by atoms with Crippen LogP contribution in [0.4, 0.5) is 13.6 Å². The number of esters is 1. The number of halogens is 2. The first-order valence-electron chi connectivity index (χ1n) is 21.2. The molecule has 0 bridgehead atoms. The van der Waals surface area contributed by atoms with E-state index in [1.54, 1.807) is 33.0 Å². The van der Waals surface area contributed by atoms with Crippen molar-refractivity contribution in [3.05, 3.63) is 83.7 Å². The summed E-state index contributed by atoms with van der Waals surface area (Å²) < 4.78 is 42.3. The van der Waals surface area contributed by atoms with Crippen LogP contribution in [0, 0.1) is 17.0 Å². The van der Waals surface area contributed by atoms with Gasteiger partial charge < -0.3 is 40.4 Å². The van der Waals surface area contributed by atoms with E-state index in [-0.39, 0.29) is 63.1 Å². The number of benzene rings is 2. The molecule has 0 fully saturated rings. The van der Waals surface area contributed by atoms with Gasteiger partial charge in [0.1, 0.15) is 35.7 Å². The van der Waals surface area contributed by atoms with Crippen molar-refractivity contribution in [2.75, 3.05) is 26.3 Å². The lowest BCUT2D eigenvalue weighted by molar-refractivity contribution is -0.155. The van der Waals surface area contributed by atoms with Crippen molar-refractivity contribution in [3.63, 3.8) is 0 Å². The number of carbonyl (C=O) groups excluding carboxylic acids is 5. The second-order valence-electron chi connectivity index (χ2n) is 18.9. The van der Waals surface area contributed by atoms with E-state index in [0.29, 0.717) is 23.8 Å². The van der Waals surface area contributed by atoms with Crippen molar-refractivity contribution in [1.82, 2.24) is 20.1 Å². The standard InChI is InChI=1S/C46H67F2N5O8Si/c1-45(2,3)42(38-26-32(34-27-33(47)17-18-35(34)48)29-52(38)28-31-14-11-10-12-15-31)53(40(56)30-54)23-21-37(51-44(59)60-24-25-62(7,8)9)43(58)50-22-13-16-39(55)36(49)19-20-41(57)61-46(4,5)6/h10-12,14-15,17-18,26-27,29,36-37,42,54H,13,16,19-25,28,30,49H2,1-9H3,(H,50,58)(H,51,59)/t36-,37+,42+/m1/s1. The van der Waals surface area contributed by atoms with Gasteiger partial charge in [-0.15, -0.1) is 0 Å². The zero-order chi connectivity index (χ0) is 46.4. The predicted octanol–water partition coefficient (Wildman–Crippen LogP) is 7.13. The minimum Gasteiger partial charge on any atom is -0.460 e. The van der Waals surface area contributed by atoms with Gasteiger partial charge in [-0.2, -0.15) is 0 Å². The number of ketones is 1. The van der Waals surface area contributed by atoms with E-state index >= 15 is 4.39 Å². The fourth-order valence-electron chi connectivity index (χ4n) is 6.88. The molecule has 16 heteroatoms. The Kier molecular flexibility index (Phi) is 19.0. The summed E-state index contributed by atoms with van der Waals surface area (Å²) in [7, 11) is -1.56. The Morgan fingerprint density at radius 2 is 1.61 bits per heavy atom. The molecule has 0 saturated heterocycles. The number of Topliss-reactive ketones (excluding diaryl/α,β-unsaturated/α-hetero) is 1. The Bertz CT molecular complexity index is 1970. The first kappa shape index (κ1) is 51.4. The monoisotopic (exact) mass is 883 g/mol. The van der Waals surface area contributed by atoms with Gasteiger partial charge in [0.2, 0.25) is 11.8 Å². The molecule has 1 heterocycles. The number of aromatic nitrogens is 1. The molecule has 0 aliphatic carbocycles. The number of alkyl carbamates (subject to hydrolysis) is 1. The molecule has 2 aromatic carbocycles. The highest BCUT2D eigenvalue weighted by Gasteiger charge is 2.38. The highest BCUT2D eigenvalue weighted by molar-refractivity contribution is 6.76. The molecule has 0 unspecified atom stereocenters. The fraction of sp³-hybridized carbons (Fsp3) is 0.543. The Hall–Kier alpha value is -4.93. The maximum absolute atomic E-state index is 15.2. The highest BCUT2D eigenvalue weighted by atomic mass is 28.3. The minimum absolute atomic E-state index is 0.0141. The zero-order valence-corrected chi connectivity index (χ0v) is 38.8. The average molecular weight is 884 g/mol. The number of nitrogens with two attached hydrogens (primary N) is 1. The number of hydrogen-bond acceptors (Lipinski definition) is 9. The van der Waals surface area contributed by atoms with Crippen LogP contribution in [0.25, 0.3) is 11.1 Å². The van der Waals surface area contributed by atoms with Crippen LogP contribution in [-0.2, 0) is 35.2 Å². The first-order valence-corrected chi connectivity index (χ1v) is 24.9. The van der Waals surface area contributed by atoms with Crippen LogP contribution in [0.3, 0.4) is 0 Å². The summed E-state index contributed by atoms with van der Waals surface area (Å²) in [6.45, 7) is 16.9. The summed E-state index contributed by atoms with van der Waals surface area (Å²) in [6.07, 6.45) is 1.14. The topological polar surface area (TPSA) is 182 Å². The van der Waals surface area contributed by atoms with Gasteiger partial charge in [0.05, 0.1) is 18.7 Å². The molecule has 3 rings (SSSR count). The summed E-state index contributed by atoms with van der Waals surface area (Å²) in [5.41, 5.74) is 6.54. The summed E-state index contributed by atoms with van der Waals surface area (Å²) in [5.74, 6) is -3.24. The fourth-order valence-corrected chi connectivity index (χ4v) is 7.60. The van der Waals surface area contributed by atoms with E-state index in [4.69, 9.17) is 15.2 Å². The number of rotatable bonds is 22. The number of hydrogen-bond donors (Lipinski definition) is 4. The van der Waals surface area contributed by atoms with Crippen molar-refractivity contribution in [2.45, 2.75) is 130 Å². The maximum Gasteiger partial charge on any atom is 0.407 e. The number of nitrogens with one attached hydrogen (secondary N) is 2. The van der Waals surface area contributed by atoms with Gasteiger partial charge in [-0.25, -0.2) is 13.6 Å². The van der Waals surface area contributed by atoms with E-state index in [9.17, 15) is 33.5 Å². The summed E-state index contributed by atoms with van der Waals surface area (Å²) >= 11 is 0. The molecular formula is C46H67F2N5O8Si. The largest absolute Gasteiger partial charge is 0.460 e. The van der Waals surface area contributed by atoms with Gasteiger partial charge in [-0.3, -0.25) is 19.2 Å². The lowest BCUT2D eigenvalue weighted by atomic mass is 9.82. The van der Waals surface area contributed by atoms with Gasteiger partial charge in [0, 0.05) is 63.6 Å². The van der Waals surface area contributed by atoms with Crippen molar-refractivity contribution < 1.29 is 47.3 Å². The quantitative estimate of drug-likeness (QED) is 0.0464. The number of nitrogens with zero attached hydrogens (tertiary/aromatic N) is 2. The van der Waals surface area contributed by atoms with Gasteiger partial charge in [0.25, 0.3) is 0 Å². The van der Waals surface area contributed by atoms with Crippen LogP contribution in [0.2, 0.25) is 25.7 Å². The third kappa shape index (κ3) is 17.1. The lowest BCUT2D eigenvalue weighted by Crippen LogP contribution is -2.50. The second kappa shape index (κ2) is 23.0. The molecule has 0 radical (unpaired) electrons. The third-order valence-electron chi connectivity index (χ3n) is 9.98. The number of ether oxygens (including phenoxy) is 2. The van der Waals surface area contributed by atoms with E-state index in [1.165, 1.54) is 4.90 Å². The van der Waals surface area contributed by atoms with E-state index < -0.39 is 79.3 Å². The van der Waals surface area contributed by atoms with E-state index in [2.05, 4.69) is 30.3 Å². The molecule has 1 aromatic heterocycles. The van der Waals surface area contributed by atoms with Crippen LogP contribution in [0.1, 0.15) is 90.9 Å². The van der Waals surface area contributed by atoms with Crippen LogP contribution in [0.5, 0.6) is 0 Å². The smallest absolute Gasteiger partial charge is 0.407 e. The minimum atomic E-state index is -1.56. The predicted molar refractivity (Wildman–Crippen MR) is 238 cm³/mol. The number of amides is 3. The summed E-state index contributed by atoms with van der Waals surface area (Å²) in [4.78, 5) is 67.0. The van der Waals surface area contributed by atoms with Crippen molar-refractivity contribution in [3.8, 4) is 11.1 Å². The zero-order valence-electron chi connectivity index (χ0n) is 37.8. The molecule has 0 aliphatic rings. The molecule has 3 atom stereocenters. The van der Waals surface area contributed by atoms with Crippen LogP contribution >= 0.6 is 0 Å². The van der Waals surface area contributed by atoms with Gasteiger partial charge in [-0.1, -0.05) is 70.7 Å². The number of aliphatic hydroxyl groups is 1. The van der Waals surface area contributed by atoms with Gasteiger partial charge in [-0.05, 0) is 81.3 Å². The molecule has 13 nitrogen and oxygen atoms in total. The molecule has 3 aromatic rings. The maximum atomic E-state index is 15.2. The molecule has 0 spiro atoms. The number of carbonyl (C=O) groups is 5. The Morgan fingerprint density at radius 3 is 2.23 bits per heavy atom. The molecule has 342 valence electrons. The van der Waals surface area contributed by atoms with E-state index in [1.807, 2.05) is 55.7 Å². The summed E-state index contributed by atoms with van der Waals surface area (Å²) in [5, 5.41) is 15.7. The van der Waals surface area contributed by atoms with Crippen LogP contribution in [0.15, 0.2) is 60.8 Å². The normalized spacial score (nSPS) is 13.4. The van der Waals surface area contributed by atoms with Gasteiger partial charge in [0.15, 0.2) is 0 Å². The van der Waals surface area contributed by atoms with Crippen molar-refractivity contribution in [2.24, 2.45) is 11.1 Å². The van der Waals surface area contributed by atoms with Gasteiger partial charge >= 0.3 is 12.1 Å². The Morgan fingerprint density at radius 1 is 0.935 bits per heavy atom. The first-order chi connectivity index (χ1) is 28.9. The SMILES string of the molecule is CC(C)(C)OC(=O)CC[C@@H](N)C(=O)CCCNC(=O)[C@H](CCN(C(=O)CO)[C@@H](c1cc(-c2cc(F)ccc2F)cn1Cc1ccccc1)C(C)(C)C)NC(=O)OCC[Si](C)(C)C. The van der Waals surface area contributed by atoms with Crippen LogP contribution in [-0.4, -0.2) is 96.3 Å². The molecule has 3 amide bonds. The average Bonchev–Trinajstić information content (AvgIpc) is 3.57. The summed E-state index contributed by atoms with van der Waals surface area (Å²) in [6, 6.07) is 12.2. The highest BCUT2D eigenvalue weighted by Crippen LogP contribution is 2.41.